The molecule has 118 valence electrons. The van der Waals surface area contributed by atoms with Gasteiger partial charge in [-0.2, -0.15) is 0 Å². The van der Waals surface area contributed by atoms with Crippen molar-refractivity contribution >= 4 is 11.7 Å². The predicted octanol–water partition coefficient (Wildman–Crippen LogP) is 3.77. The van der Waals surface area contributed by atoms with E-state index in [4.69, 9.17) is 0 Å². The minimum absolute atomic E-state index is 0.152. The highest BCUT2D eigenvalue weighted by Crippen LogP contribution is 2.24. The molecular weight excluding hydrogens is 262 g/mol. The number of anilines is 1. The topological polar surface area (TPSA) is 53.2 Å². The van der Waals surface area contributed by atoms with Gasteiger partial charge in [-0.05, 0) is 43.0 Å². The summed E-state index contributed by atoms with van der Waals surface area (Å²) in [6, 6.07) is 8.01. The van der Waals surface area contributed by atoms with Gasteiger partial charge >= 0.3 is 6.03 Å². The van der Waals surface area contributed by atoms with Crippen LogP contribution < -0.4 is 16.0 Å². The van der Waals surface area contributed by atoms with Crippen molar-refractivity contribution in [2.24, 2.45) is 11.3 Å². The number of benzene rings is 1. The number of carbonyl (C=O) groups excluding carboxylic acids is 1. The second-order valence-corrected chi connectivity index (χ2v) is 6.74. The highest BCUT2D eigenvalue weighted by Gasteiger charge is 2.20. The van der Waals surface area contributed by atoms with E-state index in [-0.39, 0.29) is 17.5 Å². The van der Waals surface area contributed by atoms with E-state index in [1.165, 1.54) is 0 Å². The van der Waals surface area contributed by atoms with Crippen LogP contribution in [0.25, 0.3) is 0 Å². The summed E-state index contributed by atoms with van der Waals surface area (Å²) in [5, 5.41) is 9.01. The van der Waals surface area contributed by atoms with Crippen molar-refractivity contribution in [2.45, 2.75) is 40.7 Å². The molecule has 3 N–H and O–H groups in total. The molecule has 1 aromatic rings. The first-order valence-electron chi connectivity index (χ1n) is 7.56. The molecule has 0 aliphatic rings. The van der Waals surface area contributed by atoms with E-state index in [0.29, 0.717) is 12.5 Å². The molecule has 0 radical (unpaired) electrons. The second kappa shape index (κ2) is 7.46. The van der Waals surface area contributed by atoms with Gasteiger partial charge in [0, 0.05) is 18.3 Å². The van der Waals surface area contributed by atoms with Crippen LogP contribution in [0.4, 0.5) is 10.5 Å². The van der Waals surface area contributed by atoms with Crippen LogP contribution in [0.3, 0.4) is 0 Å². The Morgan fingerprint density at radius 1 is 1.24 bits per heavy atom. The Balaban J connectivity index is 2.55. The zero-order valence-electron chi connectivity index (χ0n) is 14.1. The third-order valence-electron chi connectivity index (χ3n) is 4.12. The molecule has 1 rings (SSSR count). The summed E-state index contributed by atoms with van der Waals surface area (Å²) in [4.78, 5) is 12.0. The van der Waals surface area contributed by atoms with Crippen molar-refractivity contribution < 1.29 is 4.79 Å². The number of hydrogen-bond acceptors (Lipinski definition) is 2. The summed E-state index contributed by atoms with van der Waals surface area (Å²) in [6.45, 7) is 11.4. The fourth-order valence-corrected chi connectivity index (χ4v) is 1.78. The maximum Gasteiger partial charge on any atom is 0.319 e. The quantitative estimate of drug-likeness (QED) is 0.773. The van der Waals surface area contributed by atoms with Crippen LogP contribution in [-0.2, 0) is 0 Å². The lowest BCUT2D eigenvalue weighted by Crippen LogP contribution is -2.36. The Morgan fingerprint density at radius 2 is 1.90 bits per heavy atom. The molecule has 0 saturated heterocycles. The zero-order chi connectivity index (χ0) is 16.0. The van der Waals surface area contributed by atoms with Crippen LogP contribution in [0.1, 0.15) is 46.2 Å². The molecule has 2 amide bonds. The highest BCUT2D eigenvalue weighted by molar-refractivity contribution is 5.89. The van der Waals surface area contributed by atoms with Crippen LogP contribution >= 0.6 is 0 Å². The van der Waals surface area contributed by atoms with E-state index in [9.17, 15) is 4.79 Å². The summed E-state index contributed by atoms with van der Waals surface area (Å²) in [5.74, 6) is 0.416. The Labute approximate surface area is 128 Å². The van der Waals surface area contributed by atoms with Crippen molar-refractivity contribution in [2.75, 3.05) is 18.9 Å². The lowest BCUT2D eigenvalue weighted by molar-refractivity contribution is 0.233. The molecule has 0 aliphatic carbocycles. The molecule has 0 saturated carbocycles. The number of carbonyl (C=O) groups is 1. The van der Waals surface area contributed by atoms with Gasteiger partial charge in [-0.25, -0.2) is 4.79 Å². The molecule has 0 heterocycles. The molecule has 4 nitrogen and oxygen atoms in total. The van der Waals surface area contributed by atoms with Gasteiger partial charge in [0.2, 0.25) is 0 Å². The largest absolute Gasteiger partial charge is 0.338 e. The van der Waals surface area contributed by atoms with Crippen molar-refractivity contribution in [1.29, 1.82) is 0 Å². The normalized spacial score (nSPS) is 14.4. The van der Waals surface area contributed by atoms with Crippen LogP contribution in [-0.4, -0.2) is 19.6 Å². The Bertz CT molecular complexity index is 465. The van der Waals surface area contributed by atoms with E-state index in [1.807, 2.05) is 31.3 Å². The molecule has 0 bridgehead atoms. The monoisotopic (exact) mass is 291 g/mol. The van der Waals surface area contributed by atoms with E-state index in [1.54, 1.807) is 0 Å². The van der Waals surface area contributed by atoms with Crippen LogP contribution in [0.15, 0.2) is 24.3 Å². The summed E-state index contributed by atoms with van der Waals surface area (Å²) < 4.78 is 0. The van der Waals surface area contributed by atoms with Crippen LogP contribution in [0.2, 0.25) is 0 Å². The van der Waals surface area contributed by atoms with Gasteiger partial charge in [0.1, 0.15) is 0 Å². The molecular formula is C17H29N3O. The van der Waals surface area contributed by atoms with Gasteiger partial charge in [0.15, 0.2) is 0 Å². The van der Waals surface area contributed by atoms with Crippen molar-refractivity contribution in [3.05, 3.63) is 29.8 Å². The predicted molar refractivity (Wildman–Crippen MR) is 89.6 cm³/mol. The van der Waals surface area contributed by atoms with Crippen LogP contribution in [0, 0.1) is 11.3 Å². The summed E-state index contributed by atoms with van der Waals surface area (Å²) in [6.07, 6.45) is 0. The van der Waals surface area contributed by atoms with E-state index >= 15 is 0 Å². The van der Waals surface area contributed by atoms with Gasteiger partial charge in [-0.15, -0.1) is 0 Å². The average molecular weight is 291 g/mol. The fourth-order valence-electron chi connectivity index (χ4n) is 1.78. The Hall–Kier alpha value is -1.55. The summed E-state index contributed by atoms with van der Waals surface area (Å²) >= 11 is 0. The number of hydrogen-bond donors (Lipinski definition) is 3. The summed E-state index contributed by atoms with van der Waals surface area (Å²) in [7, 11) is 1.92. The van der Waals surface area contributed by atoms with E-state index < -0.39 is 0 Å². The minimum atomic E-state index is -0.152. The first-order chi connectivity index (χ1) is 9.74. The van der Waals surface area contributed by atoms with Gasteiger partial charge < -0.3 is 16.0 Å². The molecule has 4 heteroatoms. The highest BCUT2D eigenvalue weighted by atomic mass is 16.2. The zero-order valence-corrected chi connectivity index (χ0v) is 14.1. The molecule has 0 spiro atoms. The number of nitrogens with one attached hydrogen (secondary N) is 3. The third kappa shape index (κ3) is 5.76. The second-order valence-electron chi connectivity index (χ2n) is 6.74. The van der Waals surface area contributed by atoms with Crippen molar-refractivity contribution in [3.63, 3.8) is 0 Å². The van der Waals surface area contributed by atoms with Crippen molar-refractivity contribution in [1.82, 2.24) is 10.6 Å². The number of urea groups is 1. The SMILES string of the molecule is CNC(C)c1cccc(NC(=O)NCC(C)C(C)(C)C)c1. The van der Waals surface area contributed by atoms with Crippen molar-refractivity contribution in [3.8, 4) is 0 Å². The maximum atomic E-state index is 12.0. The molecule has 21 heavy (non-hydrogen) atoms. The number of rotatable bonds is 5. The Kier molecular flexibility index (Phi) is 6.21. The lowest BCUT2D eigenvalue weighted by Gasteiger charge is -2.27. The smallest absolute Gasteiger partial charge is 0.319 e. The molecule has 0 aromatic heterocycles. The fraction of sp³-hybridized carbons (Fsp3) is 0.588. The first-order valence-corrected chi connectivity index (χ1v) is 7.56. The standard InChI is InChI=1S/C17H29N3O/c1-12(17(3,4)5)11-19-16(21)20-15-9-7-8-14(10-15)13(2)18-6/h7-10,12-13,18H,11H2,1-6H3,(H2,19,20,21). The third-order valence-corrected chi connectivity index (χ3v) is 4.12. The van der Waals surface area contributed by atoms with E-state index in [0.717, 1.165) is 11.3 Å². The van der Waals surface area contributed by atoms with Gasteiger partial charge in [-0.3, -0.25) is 0 Å². The van der Waals surface area contributed by atoms with Gasteiger partial charge in [-0.1, -0.05) is 39.8 Å². The van der Waals surface area contributed by atoms with Gasteiger partial charge in [0.25, 0.3) is 0 Å². The average Bonchev–Trinajstić information content (AvgIpc) is 2.43. The Morgan fingerprint density at radius 3 is 2.48 bits per heavy atom. The molecule has 0 fully saturated rings. The molecule has 2 unspecified atom stereocenters. The lowest BCUT2D eigenvalue weighted by atomic mass is 9.82. The molecule has 0 aliphatic heterocycles. The first kappa shape index (κ1) is 17.5. The van der Waals surface area contributed by atoms with Gasteiger partial charge in [0.05, 0.1) is 0 Å². The van der Waals surface area contributed by atoms with Crippen LogP contribution in [0.5, 0.6) is 0 Å². The molecule has 2 atom stereocenters. The maximum absolute atomic E-state index is 12.0. The number of amides is 2. The minimum Gasteiger partial charge on any atom is -0.338 e. The van der Waals surface area contributed by atoms with E-state index in [2.05, 4.69) is 50.6 Å². The summed E-state index contributed by atoms with van der Waals surface area (Å²) in [5.41, 5.74) is 2.16. The molecule has 1 aromatic carbocycles.